The van der Waals surface area contributed by atoms with Crippen molar-refractivity contribution in [3.8, 4) is 22.9 Å². The van der Waals surface area contributed by atoms with E-state index in [0.717, 1.165) is 25.9 Å². The Kier molecular flexibility index (Phi) is 8.47. The van der Waals surface area contributed by atoms with Crippen molar-refractivity contribution in [3.05, 3.63) is 95.8 Å². The van der Waals surface area contributed by atoms with Crippen LogP contribution in [0.4, 0.5) is 14.7 Å². The molecule has 1 unspecified atom stereocenters. The molecule has 0 amide bonds. The summed E-state index contributed by atoms with van der Waals surface area (Å²) >= 11 is -2.48. The van der Waals surface area contributed by atoms with Crippen LogP contribution in [0.15, 0.2) is 73.1 Å². The molecule has 3 heterocycles. The number of anilines is 1. The summed E-state index contributed by atoms with van der Waals surface area (Å²) in [5.41, 5.74) is 1.29. The van der Waals surface area contributed by atoms with Crippen molar-refractivity contribution in [1.29, 1.82) is 0 Å². The maximum atomic E-state index is 15.3. The zero-order valence-corrected chi connectivity index (χ0v) is 21.5. The van der Waals surface area contributed by atoms with Gasteiger partial charge in [0.15, 0.2) is 11.6 Å². The molecule has 1 saturated heterocycles. The summed E-state index contributed by atoms with van der Waals surface area (Å²) < 4.78 is 59.6. The van der Waals surface area contributed by atoms with Gasteiger partial charge >= 0.3 is 0 Å². The largest absolute Gasteiger partial charge is 0.435 e. The lowest BCUT2D eigenvalue weighted by atomic mass is 9.99. The fraction of sp³-hybridized carbons (Fsp3) is 0.222. The van der Waals surface area contributed by atoms with Gasteiger partial charge in [-0.1, -0.05) is 36.4 Å². The number of pyridine rings is 1. The van der Waals surface area contributed by atoms with E-state index < -0.39 is 34.7 Å². The highest BCUT2D eigenvalue weighted by molar-refractivity contribution is 7.77. The molecule has 0 saturated carbocycles. The van der Waals surface area contributed by atoms with Crippen LogP contribution < -0.4 is 20.1 Å². The van der Waals surface area contributed by atoms with Crippen molar-refractivity contribution in [2.45, 2.75) is 24.9 Å². The third-order valence-corrected chi connectivity index (χ3v) is 6.72. The number of halogens is 2. The first-order valence-corrected chi connectivity index (χ1v) is 13.4. The van der Waals surface area contributed by atoms with Gasteiger partial charge in [0.1, 0.15) is 0 Å². The Bertz CT molecular complexity index is 1460. The lowest BCUT2D eigenvalue weighted by Crippen LogP contribution is -2.38. The number of benzene rings is 2. The fourth-order valence-electron chi connectivity index (χ4n) is 4.41. The van der Waals surface area contributed by atoms with Crippen LogP contribution >= 0.6 is 0 Å². The molecule has 0 bridgehead atoms. The molecule has 0 aliphatic carbocycles. The van der Waals surface area contributed by atoms with E-state index >= 15 is 8.78 Å². The van der Waals surface area contributed by atoms with Crippen molar-refractivity contribution in [2.24, 2.45) is 0 Å². The summed E-state index contributed by atoms with van der Waals surface area (Å²) in [6.45, 7) is 1.79. The molecule has 1 aliphatic rings. The summed E-state index contributed by atoms with van der Waals surface area (Å²) in [7, 11) is 0. The van der Waals surface area contributed by atoms with Crippen LogP contribution in [0.1, 0.15) is 30.0 Å². The minimum Gasteiger partial charge on any atom is -0.435 e. The zero-order valence-electron chi connectivity index (χ0n) is 20.7. The molecule has 202 valence electrons. The first-order valence-electron chi connectivity index (χ1n) is 12.3. The number of rotatable bonds is 9. The van der Waals surface area contributed by atoms with Crippen molar-refractivity contribution in [1.82, 2.24) is 25.0 Å². The van der Waals surface area contributed by atoms with E-state index in [0.29, 0.717) is 22.8 Å². The molecule has 3 atom stereocenters. The fourth-order valence-corrected chi connectivity index (χ4v) is 4.88. The van der Waals surface area contributed by atoms with Crippen LogP contribution in [-0.4, -0.2) is 42.8 Å². The maximum Gasteiger partial charge on any atom is 0.232 e. The van der Waals surface area contributed by atoms with Crippen LogP contribution in [0.25, 0.3) is 11.3 Å². The number of piperidine rings is 1. The highest BCUT2D eigenvalue weighted by atomic mass is 32.2. The molecule has 5 rings (SSSR count). The van der Waals surface area contributed by atoms with Gasteiger partial charge in [-0.3, -0.25) is 4.55 Å². The zero-order chi connectivity index (χ0) is 27.2. The summed E-state index contributed by atoms with van der Waals surface area (Å²) in [6, 6.07) is 15.2. The Balaban J connectivity index is 1.42. The highest BCUT2D eigenvalue weighted by Crippen LogP contribution is 2.35. The molecule has 2 aromatic heterocycles. The minimum absolute atomic E-state index is 0.0294. The molecule has 12 heteroatoms. The van der Waals surface area contributed by atoms with Gasteiger partial charge < -0.3 is 15.4 Å². The first kappa shape index (κ1) is 26.8. The second kappa shape index (κ2) is 12.3. The molecule has 0 spiro atoms. The quantitative estimate of drug-likeness (QED) is 0.223. The number of hydrogen-bond acceptors (Lipinski definition) is 7. The average molecular weight is 553 g/mol. The summed E-state index contributed by atoms with van der Waals surface area (Å²) in [5, 5.41) is 6.65. The number of nitrogens with one attached hydrogen (secondary N) is 3. The highest BCUT2D eigenvalue weighted by Gasteiger charge is 2.25. The Morgan fingerprint density at radius 3 is 2.64 bits per heavy atom. The van der Waals surface area contributed by atoms with Crippen LogP contribution in [-0.2, 0) is 11.3 Å². The number of nitrogens with zero attached hydrogens (tertiary/aromatic N) is 3. The number of ether oxygens (including phenoxy) is 1. The van der Waals surface area contributed by atoms with Gasteiger partial charge in [0.2, 0.25) is 28.9 Å². The second-order valence-electron chi connectivity index (χ2n) is 8.90. The van der Waals surface area contributed by atoms with E-state index in [-0.39, 0.29) is 17.5 Å². The molecular formula is C27H26F2N6O3S. The monoisotopic (exact) mass is 552 g/mol. The standard InChI is InChI=1S/C27H26F2N6O3S/c28-23-20(25(35-39(36)37)17-6-2-1-3-7-17)10-11-22(24(23)29)38-26-19(9-5-14-31-26)21-12-15-32-27(34-21)33-18-8-4-13-30-16-18/h1-3,5-7,9-12,14-15,18,25,30,35H,4,8,13,16H2,(H,36,37)(H,32,33,34)/t18-,25-/m0/s1. The van der Waals surface area contributed by atoms with Crippen LogP contribution in [0.2, 0.25) is 0 Å². The Morgan fingerprint density at radius 2 is 1.87 bits per heavy atom. The lowest BCUT2D eigenvalue weighted by Gasteiger charge is -2.23. The topological polar surface area (TPSA) is 121 Å². The van der Waals surface area contributed by atoms with E-state index in [4.69, 9.17) is 4.74 Å². The normalized spacial score (nSPS) is 16.8. The minimum atomic E-state index is -2.48. The number of aromatic nitrogens is 3. The van der Waals surface area contributed by atoms with Crippen molar-refractivity contribution in [2.75, 3.05) is 18.4 Å². The van der Waals surface area contributed by atoms with Gasteiger partial charge in [0.25, 0.3) is 0 Å². The van der Waals surface area contributed by atoms with Crippen molar-refractivity contribution in [3.63, 3.8) is 0 Å². The van der Waals surface area contributed by atoms with Crippen LogP contribution in [0.5, 0.6) is 11.6 Å². The Hall–Kier alpha value is -3.84. The van der Waals surface area contributed by atoms with Crippen molar-refractivity contribution < 1.29 is 22.3 Å². The molecule has 1 fully saturated rings. The molecule has 4 aromatic rings. The molecule has 4 N–H and O–H groups in total. The van der Waals surface area contributed by atoms with E-state index in [1.165, 1.54) is 18.3 Å². The molecular weight excluding hydrogens is 526 g/mol. The molecule has 2 aromatic carbocycles. The van der Waals surface area contributed by atoms with Crippen molar-refractivity contribution >= 4 is 17.2 Å². The summed E-state index contributed by atoms with van der Waals surface area (Å²) in [4.78, 5) is 13.1. The number of hydrogen-bond donors (Lipinski definition) is 4. The van der Waals surface area contributed by atoms with Gasteiger partial charge in [-0.15, -0.1) is 0 Å². The first-order chi connectivity index (χ1) is 19.0. The van der Waals surface area contributed by atoms with E-state index in [1.807, 2.05) is 0 Å². The predicted molar refractivity (Wildman–Crippen MR) is 143 cm³/mol. The average Bonchev–Trinajstić information content (AvgIpc) is 2.96. The van der Waals surface area contributed by atoms with Gasteiger partial charge in [-0.2, -0.15) is 4.39 Å². The van der Waals surface area contributed by atoms with E-state index in [2.05, 4.69) is 30.3 Å². The van der Waals surface area contributed by atoms with Crippen LogP contribution in [0.3, 0.4) is 0 Å². The molecule has 0 radical (unpaired) electrons. The SMILES string of the molecule is O=S(O)N[C@@H](c1ccccc1)c1ccc(Oc2ncccc2-c2ccnc(N[C@H]3CCCNC3)n2)c(F)c1F. The van der Waals surface area contributed by atoms with Gasteiger partial charge in [-0.25, -0.2) is 28.3 Å². The van der Waals surface area contributed by atoms with E-state index in [9.17, 15) is 8.76 Å². The summed E-state index contributed by atoms with van der Waals surface area (Å²) in [6.07, 6.45) is 5.13. The second-order valence-corrected chi connectivity index (χ2v) is 9.64. The molecule has 39 heavy (non-hydrogen) atoms. The van der Waals surface area contributed by atoms with Gasteiger partial charge in [0.05, 0.1) is 17.3 Å². The van der Waals surface area contributed by atoms with Crippen LogP contribution in [0, 0.1) is 11.6 Å². The third-order valence-electron chi connectivity index (χ3n) is 6.28. The van der Waals surface area contributed by atoms with Gasteiger partial charge in [0, 0.05) is 30.5 Å². The Labute approximate surface area is 226 Å². The van der Waals surface area contributed by atoms with E-state index in [1.54, 1.807) is 54.7 Å². The molecule has 9 nitrogen and oxygen atoms in total. The summed E-state index contributed by atoms with van der Waals surface area (Å²) in [5.74, 6) is -2.40. The van der Waals surface area contributed by atoms with Gasteiger partial charge in [-0.05, 0) is 49.2 Å². The smallest absolute Gasteiger partial charge is 0.232 e. The lowest BCUT2D eigenvalue weighted by molar-refractivity contribution is 0.402. The predicted octanol–water partition coefficient (Wildman–Crippen LogP) is 4.59. The Morgan fingerprint density at radius 1 is 1.03 bits per heavy atom. The third kappa shape index (κ3) is 6.42. The maximum absolute atomic E-state index is 15.3. The molecule has 1 aliphatic heterocycles.